The fourth-order valence-electron chi connectivity index (χ4n) is 3.13. The van der Waals surface area contributed by atoms with Gasteiger partial charge in [-0.3, -0.25) is 4.79 Å². The third kappa shape index (κ3) is 2.53. The van der Waals surface area contributed by atoms with Gasteiger partial charge in [0.1, 0.15) is 12.1 Å². The minimum atomic E-state index is -0.115. The fourth-order valence-corrected chi connectivity index (χ4v) is 3.13. The highest BCUT2D eigenvalue weighted by atomic mass is 16.5. The van der Waals surface area contributed by atoms with Crippen LogP contribution in [0, 0.1) is 0 Å². The summed E-state index contributed by atoms with van der Waals surface area (Å²) >= 11 is 0. The summed E-state index contributed by atoms with van der Waals surface area (Å²) in [5.74, 6) is 1.20. The van der Waals surface area contributed by atoms with Gasteiger partial charge in [0.25, 0.3) is 0 Å². The lowest BCUT2D eigenvalue weighted by Crippen LogP contribution is -2.34. The summed E-state index contributed by atoms with van der Waals surface area (Å²) in [4.78, 5) is 19.0. The van der Waals surface area contributed by atoms with E-state index in [4.69, 9.17) is 4.52 Å². The molecule has 0 radical (unpaired) electrons. The minimum absolute atomic E-state index is 0.00370. The van der Waals surface area contributed by atoms with Crippen molar-refractivity contribution in [2.45, 2.75) is 38.8 Å². The molecule has 2 aromatic heterocycles. The molecule has 1 aliphatic rings. The average Bonchev–Trinajstić information content (AvgIpc) is 3.34. The van der Waals surface area contributed by atoms with E-state index in [9.17, 15) is 4.79 Å². The average molecular weight is 326 g/mol. The van der Waals surface area contributed by atoms with Gasteiger partial charge < -0.3 is 9.42 Å². The number of benzene rings is 1. The van der Waals surface area contributed by atoms with Crippen LogP contribution in [0.1, 0.15) is 37.5 Å². The molecule has 1 aromatic carbocycles. The summed E-state index contributed by atoms with van der Waals surface area (Å²) in [6.45, 7) is 2.83. The lowest BCUT2D eigenvalue weighted by Gasteiger charge is -2.22. The van der Waals surface area contributed by atoms with E-state index in [1.165, 1.54) is 0 Å². The van der Waals surface area contributed by atoms with Crippen molar-refractivity contribution in [1.82, 2.24) is 30.0 Å². The number of para-hydroxylation sites is 1. The monoisotopic (exact) mass is 326 g/mol. The maximum atomic E-state index is 12.8. The highest BCUT2D eigenvalue weighted by Gasteiger charge is 2.33. The minimum Gasteiger partial charge on any atom is -0.339 e. The van der Waals surface area contributed by atoms with E-state index < -0.39 is 0 Å². The molecule has 8 heteroatoms. The summed E-state index contributed by atoms with van der Waals surface area (Å²) in [6, 6.07) is 7.50. The lowest BCUT2D eigenvalue weighted by atomic mass is 10.2. The Hall–Kier alpha value is -2.77. The number of aryl methyl sites for hydroxylation is 1. The number of rotatable bonds is 4. The number of amides is 1. The Labute approximate surface area is 138 Å². The van der Waals surface area contributed by atoms with Gasteiger partial charge in [-0.2, -0.15) is 4.98 Å². The van der Waals surface area contributed by atoms with E-state index in [1.54, 1.807) is 4.68 Å². The van der Waals surface area contributed by atoms with Gasteiger partial charge in [0.2, 0.25) is 11.8 Å². The van der Waals surface area contributed by atoms with E-state index in [2.05, 4.69) is 20.5 Å². The second-order valence-corrected chi connectivity index (χ2v) is 5.88. The molecule has 1 aliphatic heterocycles. The summed E-state index contributed by atoms with van der Waals surface area (Å²) in [6.07, 6.45) is 2.48. The van der Waals surface area contributed by atoms with Crippen molar-refractivity contribution in [2.24, 2.45) is 0 Å². The molecule has 0 aliphatic carbocycles. The van der Waals surface area contributed by atoms with Crippen molar-refractivity contribution >= 4 is 16.9 Å². The van der Waals surface area contributed by atoms with Crippen LogP contribution in [0.3, 0.4) is 0 Å². The molecule has 8 nitrogen and oxygen atoms in total. The van der Waals surface area contributed by atoms with Crippen LogP contribution in [-0.4, -0.2) is 42.5 Å². The van der Waals surface area contributed by atoms with Crippen molar-refractivity contribution in [3.05, 3.63) is 36.0 Å². The SMILES string of the molecule is CCc1nc([C@@H]2CCCN2C(=O)Cn2nnc3ccccc32)no1. The summed E-state index contributed by atoms with van der Waals surface area (Å²) in [5.41, 5.74) is 1.64. The molecular formula is C16H18N6O2. The molecule has 3 aromatic rings. The van der Waals surface area contributed by atoms with E-state index in [1.807, 2.05) is 36.1 Å². The van der Waals surface area contributed by atoms with Crippen molar-refractivity contribution < 1.29 is 9.32 Å². The van der Waals surface area contributed by atoms with Crippen molar-refractivity contribution in [2.75, 3.05) is 6.54 Å². The van der Waals surface area contributed by atoms with Gasteiger partial charge in [-0.25, -0.2) is 4.68 Å². The standard InChI is InChI=1S/C16H18N6O2/c1-2-14-17-16(19-24-14)13-8-5-9-21(13)15(23)10-22-12-7-4-3-6-11(12)18-20-22/h3-4,6-7,13H,2,5,8-10H2,1H3/t13-/m0/s1. The zero-order valence-electron chi connectivity index (χ0n) is 13.4. The molecule has 1 atom stereocenters. The number of nitrogens with zero attached hydrogens (tertiary/aromatic N) is 6. The van der Waals surface area contributed by atoms with Gasteiger partial charge in [-0.1, -0.05) is 29.4 Å². The first-order valence-electron chi connectivity index (χ1n) is 8.16. The molecule has 0 N–H and O–H groups in total. The summed E-state index contributed by atoms with van der Waals surface area (Å²) in [7, 11) is 0. The number of carbonyl (C=O) groups is 1. The topological polar surface area (TPSA) is 89.9 Å². The third-order valence-corrected chi connectivity index (χ3v) is 4.36. The molecule has 0 spiro atoms. The molecule has 0 bridgehead atoms. The molecule has 1 saturated heterocycles. The van der Waals surface area contributed by atoms with Gasteiger partial charge in [0, 0.05) is 13.0 Å². The van der Waals surface area contributed by atoms with E-state index in [-0.39, 0.29) is 18.5 Å². The van der Waals surface area contributed by atoms with Gasteiger partial charge in [-0.05, 0) is 25.0 Å². The maximum absolute atomic E-state index is 12.8. The van der Waals surface area contributed by atoms with Gasteiger partial charge >= 0.3 is 0 Å². The van der Waals surface area contributed by atoms with Crippen LogP contribution in [0.5, 0.6) is 0 Å². The van der Waals surface area contributed by atoms with Crippen LogP contribution >= 0.6 is 0 Å². The third-order valence-electron chi connectivity index (χ3n) is 4.36. The van der Waals surface area contributed by atoms with Crippen LogP contribution in [0.15, 0.2) is 28.8 Å². The lowest BCUT2D eigenvalue weighted by molar-refractivity contribution is -0.133. The molecule has 124 valence electrons. The second-order valence-electron chi connectivity index (χ2n) is 5.88. The Balaban J connectivity index is 1.54. The van der Waals surface area contributed by atoms with Crippen molar-refractivity contribution in [3.8, 4) is 0 Å². The molecule has 1 fully saturated rings. The fraction of sp³-hybridized carbons (Fsp3) is 0.438. The molecule has 0 saturated carbocycles. The van der Waals surface area contributed by atoms with Crippen LogP contribution < -0.4 is 0 Å². The first kappa shape index (κ1) is 14.8. The number of aromatic nitrogens is 5. The summed E-state index contributed by atoms with van der Waals surface area (Å²) in [5, 5.41) is 12.2. The number of fused-ring (bicyclic) bond motifs is 1. The van der Waals surface area contributed by atoms with Gasteiger partial charge in [0.15, 0.2) is 5.82 Å². The van der Waals surface area contributed by atoms with E-state index in [0.29, 0.717) is 24.7 Å². The predicted octanol–water partition coefficient (Wildman–Crippen LogP) is 1.74. The van der Waals surface area contributed by atoms with Crippen molar-refractivity contribution in [3.63, 3.8) is 0 Å². The number of likely N-dealkylation sites (tertiary alicyclic amines) is 1. The normalized spacial score (nSPS) is 17.7. The molecule has 0 unspecified atom stereocenters. The van der Waals surface area contributed by atoms with Crippen LogP contribution in [-0.2, 0) is 17.8 Å². The number of hydrogen-bond donors (Lipinski definition) is 0. The van der Waals surface area contributed by atoms with Crippen LogP contribution in [0.2, 0.25) is 0 Å². The highest BCUT2D eigenvalue weighted by Crippen LogP contribution is 2.30. The number of hydrogen-bond acceptors (Lipinski definition) is 6. The van der Waals surface area contributed by atoms with Crippen molar-refractivity contribution in [1.29, 1.82) is 0 Å². The highest BCUT2D eigenvalue weighted by molar-refractivity contribution is 5.80. The predicted molar refractivity (Wildman–Crippen MR) is 84.9 cm³/mol. The first-order valence-corrected chi connectivity index (χ1v) is 8.16. The largest absolute Gasteiger partial charge is 0.339 e. The first-order chi connectivity index (χ1) is 11.8. The molecule has 1 amide bonds. The van der Waals surface area contributed by atoms with Crippen LogP contribution in [0.25, 0.3) is 11.0 Å². The molecule has 3 heterocycles. The Morgan fingerprint density at radius 2 is 2.25 bits per heavy atom. The zero-order valence-corrected chi connectivity index (χ0v) is 13.4. The molecule has 24 heavy (non-hydrogen) atoms. The van der Waals surface area contributed by atoms with Gasteiger partial charge in [-0.15, -0.1) is 5.10 Å². The Morgan fingerprint density at radius 3 is 3.08 bits per heavy atom. The molecule has 4 rings (SSSR count). The number of carbonyl (C=O) groups excluding carboxylic acids is 1. The Kier molecular flexibility index (Phi) is 3.72. The molecular weight excluding hydrogens is 308 g/mol. The summed E-state index contributed by atoms with van der Waals surface area (Å²) < 4.78 is 6.83. The zero-order chi connectivity index (χ0) is 16.5. The van der Waals surface area contributed by atoms with E-state index in [0.717, 1.165) is 23.9 Å². The smallest absolute Gasteiger partial charge is 0.245 e. The second kappa shape index (κ2) is 6.03. The van der Waals surface area contributed by atoms with Crippen LogP contribution in [0.4, 0.5) is 0 Å². The quantitative estimate of drug-likeness (QED) is 0.725. The Bertz CT molecular complexity index is 870. The Morgan fingerprint density at radius 1 is 1.38 bits per heavy atom. The van der Waals surface area contributed by atoms with Gasteiger partial charge in [0.05, 0.1) is 11.6 Å². The van der Waals surface area contributed by atoms with E-state index >= 15 is 0 Å². The maximum Gasteiger partial charge on any atom is 0.245 e.